The van der Waals surface area contributed by atoms with E-state index < -0.39 is 0 Å². The largest absolute Gasteiger partial charge is 0.277 e. The molecular weight excluding hydrogens is 747 g/mol. The number of thiophene rings is 1. The standard InChI is InChI=1S/C56H35N3S/c1-3-14-36(15-4-1)38-26-30-40(31-27-38)48-35-49(41-32-28-39(29-33-41)43-19-13-18-42(34-43)37-16-5-2-6-17-37)58-56(57-48)59-50-24-11-9-22-46(50)52-44-20-7-8-21-45(44)55-53(54(52)59)47-23-10-12-25-51(47)60-55/h1-35H. The molecule has 0 N–H and O–H groups in total. The van der Waals surface area contributed by atoms with Crippen molar-refractivity contribution >= 4 is 64.1 Å². The average Bonchev–Trinajstić information content (AvgIpc) is 3.89. The molecule has 280 valence electrons. The minimum atomic E-state index is 0.646. The van der Waals surface area contributed by atoms with Gasteiger partial charge in [0.15, 0.2) is 0 Å². The van der Waals surface area contributed by atoms with Gasteiger partial charge in [-0.1, -0.05) is 188 Å². The van der Waals surface area contributed by atoms with Crippen LogP contribution in [0.4, 0.5) is 0 Å². The molecule has 0 atom stereocenters. The molecule has 0 saturated heterocycles. The molecule has 0 aliphatic carbocycles. The number of hydrogen-bond donors (Lipinski definition) is 0. The second-order valence-electron chi connectivity index (χ2n) is 15.3. The van der Waals surface area contributed by atoms with Gasteiger partial charge in [0, 0.05) is 47.5 Å². The fraction of sp³-hybridized carbons (Fsp3) is 0. The molecule has 3 aromatic heterocycles. The number of aromatic nitrogens is 3. The van der Waals surface area contributed by atoms with Gasteiger partial charge in [0.1, 0.15) is 0 Å². The summed E-state index contributed by atoms with van der Waals surface area (Å²) in [6, 6.07) is 75.9. The maximum Gasteiger partial charge on any atom is 0.235 e. The number of rotatable bonds is 6. The van der Waals surface area contributed by atoms with Crippen molar-refractivity contribution < 1.29 is 0 Å². The van der Waals surface area contributed by atoms with Crippen LogP contribution in [-0.4, -0.2) is 14.5 Å². The Morgan fingerprint density at radius 3 is 1.45 bits per heavy atom. The summed E-state index contributed by atoms with van der Waals surface area (Å²) in [7, 11) is 0. The SMILES string of the molecule is c1ccc(-c2ccc(-c3cc(-c4ccc(-c5cccc(-c6ccccc6)c5)cc4)nc(-n4c5ccccc5c5c6ccccc6c6sc7ccccc7c6c54)n3)cc2)cc1. The molecule has 0 bridgehead atoms. The van der Waals surface area contributed by atoms with Gasteiger partial charge in [-0.25, -0.2) is 9.97 Å². The molecule has 4 heteroatoms. The van der Waals surface area contributed by atoms with Crippen molar-refractivity contribution in [2.45, 2.75) is 0 Å². The van der Waals surface area contributed by atoms with E-state index in [0.717, 1.165) is 39.1 Å². The van der Waals surface area contributed by atoms with Gasteiger partial charge in [0.2, 0.25) is 5.95 Å². The topological polar surface area (TPSA) is 30.7 Å². The Balaban J connectivity index is 1.09. The van der Waals surface area contributed by atoms with Gasteiger partial charge in [-0.3, -0.25) is 4.57 Å². The Morgan fingerprint density at radius 2 is 0.800 bits per heavy atom. The van der Waals surface area contributed by atoms with Crippen LogP contribution in [0.3, 0.4) is 0 Å². The highest BCUT2D eigenvalue weighted by Crippen LogP contribution is 2.47. The minimum Gasteiger partial charge on any atom is -0.277 e. The molecule has 0 aliphatic heterocycles. The second kappa shape index (κ2) is 14.0. The molecule has 3 heterocycles. The molecule has 12 aromatic rings. The maximum atomic E-state index is 5.50. The van der Waals surface area contributed by atoms with Crippen LogP contribution in [0.1, 0.15) is 0 Å². The number of benzene rings is 9. The molecule has 3 nitrogen and oxygen atoms in total. The predicted octanol–water partition coefficient (Wildman–Crippen LogP) is 15.4. The van der Waals surface area contributed by atoms with Gasteiger partial charge >= 0.3 is 0 Å². The first-order chi connectivity index (χ1) is 29.7. The van der Waals surface area contributed by atoms with E-state index in [1.54, 1.807) is 0 Å². The molecule has 0 aliphatic rings. The Morgan fingerprint density at radius 1 is 0.333 bits per heavy atom. The number of fused-ring (bicyclic) bond motifs is 10. The lowest BCUT2D eigenvalue weighted by molar-refractivity contribution is 0.998. The first-order valence-corrected chi connectivity index (χ1v) is 21.1. The average molecular weight is 782 g/mol. The molecule has 9 aromatic carbocycles. The van der Waals surface area contributed by atoms with Crippen LogP contribution in [-0.2, 0) is 0 Å². The first kappa shape index (κ1) is 34.4. The normalized spacial score (nSPS) is 11.7. The van der Waals surface area contributed by atoms with Gasteiger partial charge in [-0.2, -0.15) is 0 Å². The number of hydrogen-bond acceptors (Lipinski definition) is 3. The van der Waals surface area contributed by atoms with E-state index in [0.29, 0.717) is 5.95 Å². The fourth-order valence-electron chi connectivity index (χ4n) is 8.96. The molecule has 0 unspecified atom stereocenters. The Labute approximate surface area is 351 Å². The van der Waals surface area contributed by atoms with Gasteiger partial charge < -0.3 is 0 Å². The molecule has 0 fully saturated rings. The minimum absolute atomic E-state index is 0.646. The summed E-state index contributed by atoms with van der Waals surface area (Å²) in [4.78, 5) is 11.0. The highest BCUT2D eigenvalue weighted by Gasteiger charge is 2.23. The lowest BCUT2D eigenvalue weighted by atomic mass is 9.98. The van der Waals surface area contributed by atoms with Crippen molar-refractivity contribution in [1.82, 2.24) is 14.5 Å². The van der Waals surface area contributed by atoms with Crippen molar-refractivity contribution in [2.75, 3.05) is 0 Å². The molecule has 0 saturated carbocycles. The third kappa shape index (κ3) is 5.65. The van der Waals surface area contributed by atoms with Crippen molar-refractivity contribution in [3.05, 3.63) is 212 Å². The maximum absolute atomic E-state index is 5.50. The van der Waals surface area contributed by atoms with Crippen LogP contribution in [0, 0.1) is 0 Å². The quantitative estimate of drug-likeness (QED) is 0.168. The second-order valence-corrected chi connectivity index (χ2v) is 16.4. The third-order valence-corrected chi connectivity index (χ3v) is 13.0. The predicted molar refractivity (Wildman–Crippen MR) is 254 cm³/mol. The zero-order valence-electron chi connectivity index (χ0n) is 32.5. The van der Waals surface area contributed by atoms with Gasteiger partial charge in [0.05, 0.1) is 22.4 Å². The van der Waals surface area contributed by atoms with Crippen LogP contribution in [0.15, 0.2) is 212 Å². The van der Waals surface area contributed by atoms with E-state index in [4.69, 9.17) is 9.97 Å². The van der Waals surface area contributed by atoms with E-state index in [2.05, 4.69) is 217 Å². The summed E-state index contributed by atoms with van der Waals surface area (Å²) in [6.45, 7) is 0. The summed E-state index contributed by atoms with van der Waals surface area (Å²) in [5.74, 6) is 0.646. The number of nitrogens with zero attached hydrogens (tertiary/aromatic N) is 3. The summed E-state index contributed by atoms with van der Waals surface area (Å²) >= 11 is 1.86. The van der Waals surface area contributed by atoms with Gasteiger partial charge in [-0.15, -0.1) is 11.3 Å². The Bertz CT molecular complexity index is 3570. The van der Waals surface area contributed by atoms with Gasteiger partial charge in [0.25, 0.3) is 0 Å². The zero-order chi connectivity index (χ0) is 39.6. The smallest absolute Gasteiger partial charge is 0.235 e. The molecule has 0 amide bonds. The highest BCUT2D eigenvalue weighted by molar-refractivity contribution is 7.27. The molecule has 60 heavy (non-hydrogen) atoms. The van der Waals surface area contributed by atoms with E-state index in [9.17, 15) is 0 Å². The van der Waals surface area contributed by atoms with Crippen LogP contribution >= 0.6 is 11.3 Å². The lowest BCUT2D eigenvalue weighted by Gasteiger charge is -2.13. The Kier molecular flexibility index (Phi) is 8.03. The van der Waals surface area contributed by atoms with E-state index >= 15 is 0 Å². The summed E-state index contributed by atoms with van der Waals surface area (Å²) in [5, 5.41) is 7.41. The number of para-hydroxylation sites is 1. The fourth-order valence-corrected chi connectivity index (χ4v) is 10.2. The summed E-state index contributed by atoms with van der Waals surface area (Å²) in [6.07, 6.45) is 0. The third-order valence-electron chi connectivity index (χ3n) is 11.8. The van der Waals surface area contributed by atoms with Crippen LogP contribution in [0.25, 0.3) is 115 Å². The molecule has 12 rings (SSSR count). The molecule has 0 radical (unpaired) electrons. The van der Waals surface area contributed by atoms with Gasteiger partial charge in [-0.05, 0) is 63.0 Å². The van der Waals surface area contributed by atoms with Crippen molar-refractivity contribution in [1.29, 1.82) is 0 Å². The lowest BCUT2D eigenvalue weighted by Crippen LogP contribution is -2.04. The van der Waals surface area contributed by atoms with Crippen molar-refractivity contribution in [3.8, 4) is 61.8 Å². The Hall–Kier alpha value is -7.66. The van der Waals surface area contributed by atoms with E-state index in [1.807, 2.05) is 11.3 Å². The van der Waals surface area contributed by atoms with Crippen LogP contribution in [0.2, 0.25) is 0 Å². The van der Waals surface area contributed by atoms with E-state index in [1.165, 1.54) is 69.5 Å². The molecule has 0 spiro atoms. The highest BCUT2D eigenvalue weighted by atomic mass is 32.1. The monoisotopic (exact) mass is 781 g/mol. The van der Waals surface area contributed by atoms with Crippen LogP contribution in [0.5, 0.6) is 0 Å². The molecular formula is C56H35N3S. The van der Waals surface area contributed by atoms with Crippen molar-refractivity contribution in [3.63, 3.8) is 0 Å². The summed E-state index contributed by atoms with van der Waals surface area (Å²) in [5.41, 5.74) is 13.1. The zero-order valence-corrected chi connectivity index (χ0v) is 33.3. The van der Waals surface area contributed by atoms with Crippen molar-refractivity contribution in [2.24, 2.45) is 0 Å². The summed E-state index contributed by atoms with van der Waals surface area (Å²) < 4.78 is 4.88. The van der Waals surface area contributed by atoms with E-state index in [-0.39, 0.29) is 0 Å². The first-order valence-electron chi connectivity index (χ1n) is 20.3. The van der Waals surface area contributed by atoms with Crippen LogP contribution < -0.4 is 0 Å².